The average Bonchev–Trinajstić information content (AvgIpc) is 2.40. The maximum Gasteiger partial charge on any atom is 0.248 e. The van der Waals surface area contributed by atoms with Crippen LogP contribution < -0.4 is 5.32 Å². The van der Waals surface area contributed by atoms with Gasteiger partial charge in [0.05, 0.1) is 5.60 Å². The second-order valence-corrected chi connectivity index (χ2v) is 7.74. The predicted octanol–water partition coefficient (Wildman–Crippen LogP) is 3.26. The van der Waals surface area contributed by atoms with Gasteiger partial charge in [0.2, 0.25) is 11.8 Å². The Labute approximate surface area is 125 Å². The number of carbonyl (C=O) groups is 1. The summed E-state index contributed by atoms with van der Waals surface area (Å²) in [5.74, 6) is -3.11. The van der Waals surface area contributed by atoms with Crippen LogP contribution in [0.4, 0.5) is 8.78 Å². The number of carbonyl (C=O) groups excluding carboxylic acids is 1. The van der Waals surface area contributed by atoms with Crippen LogP contribution in [0.25, 0.3) is 0 Å². The van der Waals surface area contributed by atoms with Crippen molar-refractivity contribution < 1.29 is 18.7 Å². The molecule has 2 rings (SSSR count). The van der Waals surface area contributed by atoms with Crippen LogP contribution in [-0.4, -0.2) is 29.1 Å². The first-order chi connectivity index (χ1) is 9.61. The number of hydrogen-bond acceptors (Lipinski definition) is 2. The molecule has 122 valence electrons. The molecular weight excluding hydrogens is 276 g/mol. The van der Waals surface area contributed by atoms with Gasteiger partial charge in [-0.2, -0.15) is 0 Å². The van der Waals surface area contributed by atoms with Gasteiger partial charge >= 0.3 is 0 Å². The molecule has 2 aliphatic rings. The molecule has 2 fully saturated rings. The lowest BCUT2D eigenvalue weighted by atomic mass is 9.71. The lowest BCUT2D eigenvalue weighted by Gasteiger charge is -2.40. The molecule has 2 N–H and O–H groups in total. The molecule has 5 heteroatoms. The Balaban J connectivity index is 1.77. The van der Waals surface area contributed by atoms with Crippen LogP contribution in [0, 0.1) is 11.3 Å². The summed E-state index contributed by atoms with van der Waals surface area (Å²) in [6, 6.07) is 0. The number of nitrogens with one attached hydrogen (secondary N) is 1. The Morgan fingerprint density at radius 3 is 2.14 bits per heavy atom. The molecule has 0 bridgehead atoms. The molecule has 0 spiro atoms. The molecule has 0 unspecified atom stereocenters. The lowest BCUT2D eigenvalue weighted by Crippen LogP contribution is -2.48. The fourth-order valence-electron chi connectivity index (χ4n) is 3.27. The van der Waals surface area contributed by atoms with Gasteiger partial charge in [0.1, 0.15) is 0 Å². The molecule has 0 radical (unpaired) electrons. The number of amides is 1. The molecule has 3 nitrogen and oxygen atoms in total. The second kappa shape index (κ2) is 5.82. The van der Waals surface area contributed by atoms with Gasteiger partial charge in [-0.1, -0.05) is 13.8 Å². The Morgan fingerprint density at radius 1 is 1.10 bits per heavy atom. The number of halogens is 2. The fraction of sp³-hybridized carbons (Fsp3) is 0.938. The van der Waals surface area contributed by atoms with E-state index in [2.05, 4.69) is 19.2 Å². The first-order valence-electron chi connectivity index (χ1n) is 7.99. The van der Waals surface area contributed by atoms with E-state index in [0.717, 1.165) is 12.8 Å². The van der Waals surface area contributed by atoms with Gasteiger partial charge in [-0.05, 0) is 43.9 Å². The van der Waals surface area contributed by atoms with Crippen LogP contribution in [0.3, 0.4) is 0 Å². The minimum Gasteiger partial charge on any atom is -0.388 e. The van der Waals surface area contributed by atoms with E-state index in [0.29, 0.717) is 12.8 Å². The molecule has 0 aromatic rings. The van der Waals surface area contributed by atoms with Crippen molar-refractivity contribution in [3.63, 3.8) is 0 Å². The van der Waals surface area contributed by atoms with Crippen molar-refractivity contribution in [1.29, 1.82) is 0 Å². The monoisotopic (exact) mass is 303 g/mol. The zero-order chi connectivity index (χ0) is 15.7. The number of rotatable bonds is 3. The van der Waals surface area contributed by atoms with Crippen LogP contribution in [0.5, 0.6) is 0 Å². The summed E-state index contributed by atoms with van der Waals surface area (Å²) in [6.07, 6.45) is 3.32. The molecule has 0 saturated heterocycles. The SMILES string of the molecule is CC1(C)CCC(O)(CNC(=O)C2CCC(F)(F)CC2)CC1. The van der Waals surface area contributed by atoms with Gasteiger partial charge in [0, 0.05) is 25.3 Å². The largest absolute Gasteiger partial charge is 0.388 e. The minimum absolute atomic E-state index is 0.177. The third-order valence-corrected chi connectivity index (χ3v) is 5.21. The Bertz CT molecular complexity index is 376. The molecule has 0 aromatic carbocycles. The average molecular weight is 303 g/mol. The van der Waals surface area contributed by atoms with Gasteiger partial charge in [0.15, 0.2) is 0 Å². The van der Waals surface area contributed by atoms with Crippen molar-refractivity contribution in [1.82, 2.24) is 5.32 Å². The summed E-state index contributed by atoms with van der Waals surface area (Å²) < 4.78 is 26.2. The third kappa shape index (κ3) is 4.63. The quantitative estimate of drug-likeness (QED) is 0.841. The summed E-state index contributed by atoms with van der Waals surface area (Å²) in [5.41, 5.74) is -0.574. The molecule has 2 aliphatic carbocycles. The van der Waals surface area contributed by atoms with E-state index < -0.39 is 11.5 Å². The van der Waals surface area contributed by atoms with Crippen LogP contribution in [0.15, 0.2) is 0 Å². The highest BCUT2D eigenvalue weighted by Crippen LogP contribution is 2.40. The van der Waals surface area contributed by atoms with Crippen molar-refractivity contribution in [3.05, 3.63) is 0 Å². The zero-order valence-corrected chi connectivity index (χ0v) is 13.1. The number of alkyl halides is 2. The topological polar surface area (TPSA) is 49.3 Å². The smallest absolute Gasteiger partial charge is 0.248 e. The van der Waals surface area contributed by atoms with Gasteiger partial charge in [-0.15, -0.1) is 0 Å². The van der Waals surface area contributed by atoms with Crippen LogP contribution in [0.2, 0.25) is 0 Å². The minimum atomic E-state index is -2.61. The third-order valence-electron chi connectivity index (χ3n) is 5.21. The van der Waals surface area contributed by atoms with Crippen LogP contribution in [0.1, 0.15) is 65.2 Å². The summed E-state index contributed by atoms with van der Waals surface area (Å²) in [7, 11) is 0. The Kier molecular flexibility index (Phi) is 4.62. The summed E-state index contributed by atoms with van der Waals surface area (Å²) >= 11 is 0. The van der Waals surface area contributed by atoms with Crippen LogP contribution >= 0.6 is 0 Å². The maximum atomic E-state index is 13.1. The first-order valence-corrected chi connectivity index (χ1v) is 7.99. The highest BCUT2D eigenvalue weighted by molar-refractivity contribution is 5.78. The van der Waals surface area contributed by atoms with Gasteiger partial charge in [-0.25, -0.2) is 8.78 Å². The van der Waals surface area contributed by atoms with Gasteiger partial charge in [0.25, 0.3) is 0 Å². The summed E-state index contributed by atoms with van der Waals surface area (Å²) in [6.45, 7) is 4.62. The molecule has 0 atom stereocenters. The molecule has 0 heterocycles. The van der Waals surface area contributed by atoms with Crippen molar-refractivity contribution in [3.8, 4) is 0 Å². The van der Waals surface area contributed by atoms with Gasteiger partial charge in [-0.3, -0.25) is 4.79 Å². The lowest BCUT2D eigenvalue weighted by molar-refractivity contribution is -0.131. The fourth-order valence-corrected chi connectivity index (χ4v) is 3.27. The second-order valence-electron chi connectivity index (χ2n) is 7.74. The van der Waals surface area contributed by atoms with Crippen molar-refractivity contribution >= 4 is 5.91 Å². The Hall–Kier alpha value is -0.710. The molecular formula is C16H27F2NO2. The highest BCUT2D eigenvalue weighted by Gasteiger charge is 2.39. The highest BCUT2D eigenvalue weighted by atomic mass is 19.3. The van der Waals surface area contributed by atoms with Gasteiger partial charge < -0.3 is 10.4 Å². The van der Waals surface area contributed by atoms with E-state index in [9.17, 15) is 18.7 Å². The van der Waals surface area contributed by atoms with Crippen LogP contribution in [-0.2, 0) is 4.79 Å². The van der Waals surface area contributed by atoms with E-state index in [1.165, 1.54) is 0 Å². The van der Waals surface area contributed by atoms with Crippen molar-refractivity contribution in [2.75, 3.05) is 6.54 Å². The number of hydrogen-bond donors (Lipinski definition) is 2. The molecule has 0 aliphatic heterocycles. The molecule has 21 heavy (non-hydrogen) atoms. The zero-order valence-electron chi connectivity index (χ0n) is 13.1. The molecule has 1 amide bonds. The standard InChI is InChI=1S/C16H27F2NO2/c1-14(2)7-9-15(21,10-8-14)11-19-13(20)12-3-5-16(17,18)6-4-12/h12,21H,3-11H2,1-2H3,(H,19,20). The molecule has 2 saturated carbocycles. The molecule has 0 aromatic heterocycles. The van der Waals surface area contributed by atoms with E-state index >= 15 is 0 Å². The summed E-state index contributed by atoms with van der Waals surface area (Å²) in [4.78, 5) is 12.1. The first kappa shape index (κ1) is 16.7. The normalized spacial score (nSPS) is 28.0. The predicted molar refractivity (Wildman–Crippen MR) is 77.1 cm³/mol. The van der Waals surface area contributed by atoms with E-state index in [1.807, 2.05) is 0 Å². The summed E-state index contributed by atoms with van der Waals surface area (Å²) in [5, 5.41) is 13.3. The van der Waals surface area contributed by atoms with E-state index in [1.54, 1.807) is 0 Å². The maximum absolute atomic E-state index is 13.1. The van der Waals surface area contributed by atoms with E-state index in [-0.39, 0.29) is 49.5 Å². The van der Waals surface area contributed by atoms with Crippen molar-refractivity contribution in [2.24, 2.45) is 11.3 Å². The number of aliphatic hydroxyl groups is 1. The van der Waals surface area contributed by atoms with E-state index in [4.69, 9.17) is 0 Å². The van der Waals surface area contributed by atoms with Crippen molar-refractivity contribution in [2.45, 2.75) is 76.7 Å². The Morgan fingerprint density at radius 2 is 1.62 bits per heavy atom.